The first kappa shape index (κ1) is 19.6. The molecule has 1 aromatic carbocycles. The first-order valence-corrected chi connectivity index (χ1v) is 8.62. The van der Waals surface area contributed by atoms with Gasteiger partial charge in [0.25, 0.3) is 0 Å². The summed E-state index contributed by atoms with van der Waals surface area (Å²) < 4.78 is 5.34. The van der Waals surface area contributed by atoms with Crippen LogP contribution in [0.25, 0.3) is 0 Å². The molecule has 1 saturated heterocycles. The fourth-order valence-corrected chi connectivity index (χ4v) is 3.09. The van der Waals surface area contributed by atoms with E-state index >= 15 is 0 Å². The molecule has 0 radical (unpaired) electrons. The molecule has 5 nitrogen and oxygen atoms in total. The van der Waals surface area contributed by atoms with Crippen molar-refractivity contribution in [2.75, 3.05) is 38.1 Å². The number of nitrogens with one attached hydrogen (secondary N) is 2. The third kappa shape index (κ3) is 5.95. The van der Waals surface area contributed by atoms with Gasteiger partial charge in [0.1, 0.15) is 5.76 Å². The molecule has 2 N–H and O–H groups in total. The molecule has 1 fully saturated rings. The second-order valence-electron chi connectivity index (χ2n) is 6.15. The molecule has 3 rings (SSSR count). The molecule has 0 aliphatic carbocycles. The number of halogens is 1. The predicted octanol–water partition coefficient (Wildman–Crippen LogP) is 3.13. The maximum atomic E-state index is 5.34. The number of furan rings is 1. The molecule has 1 aromatic heterocycles. The van der Waals surface area contributed by atoms with E-state index in [0.29, 0.717) is 5.92 Å². The van der Waals surface area contributed by atoms with Crippen molar-refractivity contribution in [3.8, 4) is 0 Å². The summed E-state index contributed by atoms with van der Waals surface area (Å²) in [5, 5.41) is 6.78. The zero-order chi connectivity index (χ0) is 16.6. The van der Waals surface area contributed by atoms with Crippen molar-refractivity contribution in [1.29, 1.82) is 0 Å². The van der Waals surface area contributed by atoms with Crippen molar-refractivity contribution in [3.05, 3.63) is 54.5 Å². The van der Waals surface area contributed by atoms with Gasteiger partial charge in [0.15, 0.2) is 5.96 Å². The lowest BCUT2D eigenvalue weighted by molar-refractivity contribution is 0.506. The van der Waals surface area contributed by atoms with Crippen molar-refractivity contribution in [2.45, 2.75) is 12.8 Å². The number of guanidine groups is 1. The molecule has 0 amide bonds. The van der Waals surface area contributed by atoms with Gasteiger partial charge < -0.3 is 20.0 Å². The summed E-state index contributed by atoms with van der Waals surface area (Å²) in [5.41, 5.74) is 1.32. The van der Waals surface area contributed by atoms with E-state index in [9.17, 15) is 0 Å². The number of hydrogen-bond donors (Lipinski definition) is 2. The second-order valence-corrected chi connectivity index (χ2v) is 6.15. The minimum atomic E-state index is 0. The molecule has 1 atom stereocenters. The third-order valence-electron chi connectivity index (χ3n) is 4.43. The van der Waals surface area contributed by atoms with Crippen LogP contribution >= 0.6 is 24.0 Å². The summed E-state index contributed by atoms with van der Waals surface area (Å²) in [4.78, 5) is 6.75. The van der Waals surface area contributed by atoms with E-state index < -0.39 is 0 Å². The van der Waals surface area contributed by atoms with Gasteiger partial charge in [-0.2, -0.15) is 0 Å². The lowest BCUT2D eigenvalue weighted by Crippen LogP contribution is -2.41. The average Bonchev–Trinajstić information content (AvgIpc) is 3.30. The Morgan fingerprint density at radius 2 is 2.04 bits per heavy atom. The van der Waals surface area contributed by atoms with Gasteiger partial charge in [0.2, 0.25) is 0 Å². The fourth-order valence-electron chi connectivity index (χ4n) is 3.09. The molecule has 0 bridgehead atoms. The van der Waals surface area contributed by atoms with Gasteiger partial charge in [0, 0.05) is 45.3 Å². The Bertz CT molecular complexity index is 630. The van der Waals surface area contributed by atoms with Crippen molar-refractivity contribution in [3.63, 3.8) is 0 Å². The smallest absolute Gasteiger partial charge is 0.191 e. The minimum Gasteiger partial charge on any atom is -0.469 e. The highest BCUT2D eigenvalue weighted by molar-refractivity contribution is 14.0. The highest BCUT2D eigenvalue weighted by Gasteiger charge is 2.22. The summed E-state index contributed by atoms with van der Waals surface area (Å²) in [6.45, 7) is 3.99. The Labute approximate surface area is 166 Å². The standard InChI is InChI=1S/C19H26N4O.HI/c1-20-19(21-11-9-18-8-5-13-24-18)22-14-16-10-12-23(15-16)17-6-3-2-4-7-17;/h2-8,13,16H,9-12,14-15H2,1H3,(H2,20,21,22);1H. The number of anilines is 1. The van der Waals surface area contributed by atoms with E-state index in [0.717, 1.165) is 44.3 Å². The molecule has 25 heavy (non-hydrogen) atoms. The first-order valence-electron chi connectivity index (χ1n) is 8.62. The topological polar surface area (TPSA) is 52.8 Å². The van der Waals surface area contributed by atoms with Crippen molar-refractivity contribution >= 4 is 35.6 Å². The normalized spacial score (nSPS) is 17.2. The molecular formula is C19H27IN4O. The van der Waals surface area contributed by atoms with Gasteiger partial charge in [-0.1, -0.05) is 18.2 Å². The van der Waals surface area contributed by atoms with Gasteiger partial charge in [0.05, 0.1) is 6.26 Å². The average molecular weight is 454 g/mol. The molecule has 6 heteroatoms. The summed E-state index contributed by atoms with van der Waals surface area (Å²) in [7, 11) is 1.81. The summed E-state index contributed by atoms with van der Waals surface area (Å²) in [6, 6.07) is 14.6. The van der Waals surface area contributed by atoms with Gasteiger partial charge >= 0.3 is 0 Å². The van der Waals surface area contributed by atoms with E-state index in [2.05, 4.69) is 50.9 Å². The van der Waals surface area contributed by atoms with E-state index in [4.69, 9.17) is 4.42 Å². The molecule has 2 heterocycles. The fraction of sp³-hybridized carbons (Fsp3) is 0.421. The van der Waals surface area contributed by atoms with Crippen LogP contribution in [0.2, 0.25) is 0 Å². The molecule has 0 spiro atoms. The highest BCUT2D eigenvalue weighted by atomic mass is 127. The van der Waals surface area contributed by atoms with Crippen LogP contribution in [0.15, 0.2) is 58.1 Å². The van der Waals surface area contributed by atoms with Gasteiger partial charge in [-0.3, -0.25) is 4.99 Å². The minimum absolute atomic E-state index is 0. The summed E-state index contributed by atoms with van der Waals surface area (Å²) in [5.74, 6) is 2.50. The zero-order valence-electron chi connectivity index (χ0n) is 14.6. The quantitative estimate of drug-likeness (QED) is 0.400. The molecule has 2 aromatic rings. The monoisotopic (exact) mass is 454 g/mol. The van der Waals surface area contributed by atoms with Crippen LogP contribution in [0, 0.1) is 5.92 Å². The van der Waals surface area contributed by atoms with Crippen LogP contribution in [0.4, 0.5) is 5.69 Å². The number of rotatable bonds is 6. The van der Waals surface area contributed by atoms with Crippen LogP contribution in [-0.2, 0) is 6.42 Å². The molecule has 1 unspecified atom stereocenters. The number of aliphatic imine (C=N–C) groups is 1. The van der Waals surface area contributed by atoms with Gasteiger partial charge in [-0.25, -0.2) is 0 Å². The maximum Gasteiger partial charge on any atom is 0.191 e. The maximum absolute atomic E-state index is 5.34. The highest BCUT2D eigenvalue weighted by Crippen LogP contribution is 2.22. The second kappa shape index (κ2) is 10.3. The van der Waals surface area contributed by atoms with Crippen molar-refractivity contribution < 1.29 is 4.42 Å². The van der Waals surface area contributed by atoms with Gasteiger partial charge in [-0.15, -0.1) is 24.0 Å². The lowest BCUT2D eigenvalue weighted by atomic mass is 10.1. The molecule has 1 aliphatic rings. The van der Waals surface area contributed by atoms with Crippen LogP contribution in [0.1, 0.15) is 12.2 Å². The third-order valence-corrected chi connectivity index (χ3v) is 4.43. The molecule has 136 valence electrons. The molecular weight excluding hydrogens is 427 g/mol. The SMILES string of the molecule is CN=C(NCCc1ccco1)NCC1CCN(c2ccccc2)C1.I. The number of hydrogen-bond acceptors (Lipinski definition) is 3. The zero-order valence-corrected chi connectivity index (χ0v) is 17.0. The summed E-state index contributed by atoms with van der Waals surface area (Å²) in [6.07, 6.45) is 3.78. The Kier molecular flexibility index (Phi) is 8.11. The van der Waals surface area contributed by atoms with Crippen LogP contribution in [0.5, 0.6) is 0 Å². The number of para-hydroxylation sites is 1. The largest absolute Gasteiger partial charge is 0.469 e. The van der Waals surface area contributed by atoms with E-state index in [1.165, 1.54) is 12.1 Å². The van der Waals surface area contributed by atoms with Crippen LogP contribution in [-0.4, -0.2) is 39.2 Å². The number of nitrogens with zero attached hydrogens (tertiary/aromatic N) is 2. The van der Waals surface area contributed by atoms with Gasteiger partial charge in [-0.05, 0) is 36.6 Å². The van der Waals surface area contributed by atoms with Crippen LogP contribution in [0.3, 0.4) is 0 Å². The summed E-state index contributed by atoms with van der Waals surface area (Å²) >= 11 is 0. The molecule has 0 saturated carbocycles. The Balaban J connectivity index is 0.00000225. The van der Waals surface area contributed by atoms with E-state index in [-0.39, 0.29) is 24.0 Å². The molecule has 1 aliphatic heterocycles. The Morgan fingerprint density at radius 1 is 1.20 bits per heavy atom. The van der Waals surface area contributed by atoms with Crippen molar-refractivity contribution in [1.82, 2.24) is 10.6 Å². The first-order chi connectivity index (χ1) is 11.8. The van der Waals surface area contributed by atoms with E-state index in [1.54, 1.807) is 6.26 Å². The van der Waals surface area contributed by atoms with E-state index in [1.807, 2.05) is 19.2 Å². The predicted molar refractivity (Wildman–Crippen MR) is 114 cm³/mol. The Morgan fingerprint density at radius 3 is 2.76 bits per heavy atom. The number of benzene rings is 1. The van der Waals surface area contributed by atoms with Crippen molar-refractivity contribution in [2.24, 2.45) is 10.9 Å². The lowest BCUT2D eigenvalue weighted by Gasteiger charge is -2.19. The van der Waals surface area contributed by atoms with Crippen LogP contribution < -0.4 is 15.5 Å². The Hall–Kier alpha value is -1.70.